The summed E-state index contributed by atoms with van der Waals surface area (Å²) in [5.74, 6) is -0.466. The lowest BCUT2D eigenvalue weighted by molar-refractivity contribution is 0.0690. The van der Waals surface area contributed by atoms with Crippen LogP contribution in [0.25, 0.3) is 0 Å². The van der Waals surface area contributed by atoms with Crippen LogP contribution in [0.1, 0.15) is 23.3 Å². The molecule has 0 aliphatic carbocycles. The van der Waals surface area contributed by atoms with Gasteiger partial charge in [0.15, 0.2) is 5.69 Å². The van der Waals surface area contributed by atoms with Gasteiger partial charge in [0.25, 0.3) is 0 Å². The molecule has 1 aromatic rings. The summed E-state index contributed by atoms with van der Waals surface area (Å²) in [6, 6.07) is 3.13. The highest BCUT2D eigenvalue weighted by Crippen LogP contribution is 2.12. The predicted molar refractivity (Wildman–Crippen MR) is 62.4 cm³/mol. The van der Waals surface area contributed by atoms with Crippen molar-refractivity contribution in [3.63, 3.8) is 0 Å². The summed E-state index contributed by atoms with van der Waals surface area (Å²) in [4.78, 5) is 16.8. The highest BCUT2D eigenvalue weighted by molar-refractivity contribution is 5.85. The van der Waals surface area contributed by atoms with E-state index in [-0.39, 0.29) is 5.69 Å². The number of pyridine rings is 1. The molecule has 0 unspecified atom stereocenters. The van der Waals surface area contributed by atoms with Crippen molar-refractivity contribution in [2.75, 3.05) is 26.2 Å². The molecule has 0 atom stereocenters. The van der Waals surface area contributed by atoms with Crippen molar-refractivity contribution in [2.45, 2.75) is 12.8 Å². The molecule has 17 heavy (non-hydrogen) atoms. The third-order valence-corrected chi connectivity index (χ3v) is 2.83. The Labute approximate surface area is 100 Å². The first-order chi connectivity index (χ1) is 8.25. The van der Waals surface area contributed by atoms with Crippen LogP contribution >= 0.6 is 0 Å². The zero-order valence-corrected chi connectivity index (χ0v) is 9.63. The number of aromatic nitrogens is 1. The summed E-state index contributed by atoms with van der Waals surface area (Å²) in [7, 11) is 0. The Bertz CT molecular complexity index is 389. The number of hydrogen-bond donors (Lipinski definition) is 1. The van der Waals surface area contributed by atoms with Crippen molar-refractivity contribution in [2.24, 2.45) is 0 Å². The van der Waals surface area contributed by atoms with Crippen LogP contribution in [-0.2, 0) is 0 Å². The number of likely N-dealkylation sites (tertiary alicyclic amines) is 1. The molecule has 0 aromatic carbocycles. The Morgan fingerprint density at radius 3 is 2.94 bits per heavy atom. The first kappa shape index (κ1) is 11.9. The van der Waals surface area contributed by atoms with Crippen LogP contribution in [0.3, 0.4) is 0 Å². The molecule has 1 aliphatic heterocycles. The van der Waals surface area contributed by atoms with Crippen molar-refractivity contribution >= 4 is 5.97 Å². The summed E-state index contributed by atoms with van der Waals surface area (Å²) in [6.45, 7) is 3.76. The molecule has 1 saturated heterocycles. The fourth-order valence-electron chi connectivity index (χ4n) is 1.92. The molecule has 0 saturated carbocycles. The number of carbonyl (C=O) groups is 1. The van der Waals surface area contributed by atoms with Crippen molar-refractivity contribution in [3.8, 4) is 5.75 Å². The molecule has 1 N–H and O–H groups in total. The van der Waals surface area contributed by atoms with E-state index in [1.165, 1.54) is 25.1 Å². The highest BCUT2D eigenvalue weighted by atomic mass is 16.5. The van der Waals surface area contributed by atoms with Crippen LogP contribution < -0.4 is 4.74 Å². The number of hydrogen-bond acceptors (Lipinski definition) is 4. The van der Waals surface area contributed by atoms with E-state index in [1.54, 1.807) is 6.07 Å². The number of nitrogens with zero attached hydrogens (tertiary/aromatic N) is 2. The van der Waals surface area contributed by atoms with Gasteiger partial charge in [-0.05, 0) is 32.0 Å². The van der Waals surface area contributed by atoms with Gasteiger partial charge in [-0.2, -0.15) is 0 Å². The van der Waals surface area contributed by atoms with E-state index >= 15 is 0 Å². The quantitative estimate of drug-likeness (QED) is 0.833. The van der Waals surface area contributed by atoms with Crippen LogP contribution in [0.4, 0.5) is 0 Å². The van der Waals surface area contributed by atoms with Gasteiger partial charge in [-0.3, -0.25) is 4.90 Å². The Hall–Kier alpha value is -1.62. The first-order valence-corrected chi connectivity index (χ1v) is 5.80. The van der Waals surface area contributed by atoms with Crippen LogP contribution in [0, 0.1) is 0 Å². The zero-order valence-electron chi connectivity index (χ0n) is 9.63. The number of carboxylic acid groups (broad SMARTS) is 1. The van der Waals surface area contributed by atoms with Gasteiger partial charge in [0, 0.05) is 18.8 Å². The lowest BCUT2D eigenvalue weighted by Gasteiger charge is -2.14. The van der Waals surface area contributed by atoms with E-state index < -0.39 is 5.97 Å². The second-order valence-electron chi connectivity index (χ2n) is 4.08. The fraction of sp³-hybridized carbons (Fsp3) is 0.500. The third kappa shape index (κ3) is 3.42. The van der Waals surface area contributed by atoms with Crippen LogP contribution in [0.5, 0.6) is 5.75 Å². The molecule has 1 fully saturated rings. The second-order valence-corrected chi connectivity index (χ2v) is 4.08. The predicted octanol–water partition coefficient (Wildman–Crippen LogP) is 1.25. The van der Waals surface area contributed by atoms with Crippen molar-refractivity contribution < 1.29 is 14.6 Å². The highest BCUT2D eigenvalue weighted by Gasteiger charge is 2.11. The summed E-state index contributed by atoms with van der Waals surface area (Å²) >= 11 is 0. The maximum Gasteiger partial charge on any atom is 0.354 e. The van der Waals surface area contributed by atoms with Gasteiger partial charge in [0.05, 0.1) is 0 Å². The van der Waals surface area contributed by atoms with E-state index in [0.717, 1.165) is 19.6 Å². The zero-order chi connectivity index (χ0) is 12.1. The van der Waals surface area contributed by atoms with Gasteiger partial charge < -0.3 is 9.84 Å². The van der Waals surface area contributed by atoms with Crippen molar-refractivity contribution in [1.29, 1.82) is 0 Å². The van der Waals surface area contributed by atoms with E-state index in [9.17, 15) is 4.79 Å². The lowest BCUT2D eigenvalue weighted by Crippen LogP contribution is -2.25. The molecule has 0 spiro atoms. The molecule has 1 aromatic heterocycles. The van der Waals surface area contributed by atoms with E-state index in [4.69, 9.17) is 9.84 Å². The first-order valence-electron chi connectivity index (χ1n) is 5.80. The topological polar surface area (TPSA) is 62.7 Å². The normalized spacial score (nSPS) is 16.0. The molecule has 5 nitrogen and oxygen atoms in total. The van der Waals surface area contributed by atoms with Crippen LogP contribution in [0.15, 0.2) is 18.3 Å². The fourth-order valence-corrected chi connectivity index (χ4v) is 1.92. The summed E-state index contributed by atoms with van der Waals surface area (Å²) < 4.78 is 5.51. The molecule has 0 bridgehead atoms. The SMILES string of the molecule is O=C(O)c1cc(OCCN2CCCC2)ccn1. The van der Waals surface area contributed by atoms with Crippen molar-refractivity contribution in [3.05, 3.63) is 24.0 Å². The number of rotatable bonds is 5. The maximum absolute atomic E-state index is 10.7. The monoisotopic (exact) mass is 236 g/mol. The van der Waals surface area contributed by atoms with Gasteiger partial charge in [-0.25, -0.2) is 9.78 Å². The van der Waals surface area contributed by atoms with Crippen LogP contribution in [-0.4, -0.2) is 47.2 Å². The number of carboxylic acids is 1. The molecule has 0 radical (unpaired) electrons. The smallest absolute Gasteiger partial charge is 0.354 e. The molecule has 0 amide bonds. The van der Waals surface area contributed by atoms with Gasteiger partial charge in [0.2, 0.25) is 0 Å². The number of aromatic carboxylic acids is 1. The van der Waals surface area contributed by atoms with Gasteiger partial charge in [-0.1, -0.05) is 0 Å². The van der Waals surface area contributed by atoms with E-state index in [2.05, 4.69) is 9.88 Å². The summed E-state index contributed by atoms with van der Waals surface area (Å²) in [5.41, 5.74) is 0.0173. The Morgan fingerprint density at radius 2 is 2.24 bits per heavy atom. The van der Waals surface area contributed by atoms with Crippen molar-refractivity contribution in [1.82, 2.24) is 9.88 Å². The Balaban J connectivity index is 1.81. The van der Waals surface area contributed by atoms with E-state index in [0.29, 0.717) is 12.4 Å². The number of ether oxygens (including phenoxy) is 1. The standard InChI is InChI=1S/C12H16N2O3/c15-12(16)11-9-10(3-4-13-11)17-8-7-14-5-1-2-6-14/h3-4,9H,1-2,5-8H2,(H,15,16). The molecular weight excluding hydrogens is 220 g/mol. The minimum Gasteiger partial charge on any atom is -0.492 e. The Kier molecular flexibility index (Phi) is 3.93. The third-order valence-electron chi connectivity index (χ3n) is 2.83. The average molecular weight is 236 g/mol. The minimum absolute atomic E-state index is 0.0173. The largest absolute Gasteiger partial charge is 0.492 e. The van der Waals surface area contributed by atoms with Gasteiger partial charge in [0.1, 0.15) is 12.4 Å². The maximum atomic E-state index is 10.7. The molecule has 1 aliphatic rings. The molecule has 92 valence electrons. The molecule has 2 rings (SSSR count). The second kappa shape index (κ2) is 5.63. The summed E-state index contributed by atoms with van der Waals surface area (Å²) in [6.07, 6.45) is 3.98. The molecular formula is C12H16N2O3. The lowest BCUT2D eigenvalue weighted by atomic mass is 10.3. The summed E-state index contributed by atoms with van der Waals surface area (Å²) in [5, 5.41) is 8.78. The molecule has 5 heteroatoms. The van der Waals surface area contributed by atoms with E-state index in [1.807, 2.05) is 0 Å². The minimum atomic E-state index is -1.03. The molecule has 2 heterocycles. The Morgan fingerprint density at radius 1 is 1.47 bits per heavy atom. The van der Waals surface area contributed by atoms with Crippen LogP contribution in [0.2, 0.25) is 0 Å². The van der Waals surface area contributed by atoms with Gasteiger partial charge in [-0.15, -0.1) is 0 Å². The van der Waals surface area contributed by atoms with Gasteiger partial charge >= 0.3 is 5.97 Å². The average Bonchev–Trinajstić information content (AvgIpc) is 2.82.